The lowest BCUT2D eigenvalue weighted by Crippen LogP contribution is -2.02. The predicted molar refractivity (Wildman–Crippen MR) is 65.0 cm³/mol. The quantitative estimate of drug-likeness (QED) is 0.847. The number of nitrogens with zero attached hydrogens (tertiary/aromatic N) is 2. The second kappa shape index (κ2) is 3.74. The van der Waals surface area contributed by atoms with Gasteiger partial charge < -0.3 is 5.73 Å². The van der Waals surface area contributed by atoms with Crippen LogP contribution in [0.1, 0.15) is 17.7 Å². The van der Waals surface area contributed by atoms with Crippen LogP contribution in [0.5, 0.6) is 0 Å². The van der Waals surface area contributed by atoms with E-state index in [-0.39, 0.29) is 5.82 Å². The molecule has 2 N–H and O–H groups in total. The van der Waals surface area contributed by atoms with Crippen LogP contribution in [0.2, 0.25) is 5.02 Å². The van der Waals surface area contributed by atoms with Gasteiger partial charge in [0.2, 0.25) is 0 Å². The van der Waals surface area contributed by atoms with Crippen molar-refractivity contribution in [3.63, 3.8) is 0 Å². The van der Waals surface area contributed by atoms with E-state index in [1.54, 1.807) is 10.7 Å². The minimum absolute atomic E-state index is 0.362. The number of nitrogens with two attached hydrogens (primary N) is 1. The summed E-state index contributed by atoms with van der Waals surface area (Å²) in [5, 5.41) is 4.62. The number of aromatic nitrogens is 2. The predicted octanol–water partition coefficient (Wildman–Crippen LogP) is 2.74. The maximum Gasteiger partial charge on any atom is 0.149 e. The average molecular weight is 252 g/mol. The van der Waals surface area contributed by atoms with Gasteiger partial charge in [-0.25, -0.2) is 9.07 Å². The first-order valence-electron chi connectivity index (χ1n) is 5.48. The van der Waals surface area contributed by atoms with E-state index < -0.39 is 0 Å². The largest absolute Gasteiger partial charge is 0.382 e. The van der Waals surface area contributed by atoms with E-state index in [2.05, 4.69) is 5.10 Å². The lowest BCUT2D eigenvalue weighted by atomic mass is 10.2. The average Bonchev–Trinajstić information content (AvgIpc) is 2.81. The van der Waals surface area contributed by atoms with Crippen molar-refractivity contribution < 1.29 is 4.39 Å². The Morgan fingerprint density at radius 1 is 1.29 bits per heavy atom. The van der Waals surface area contributed by atoms with E-state index in [9.17, 15) is 4.39 Å². The zero-order valence-electron chi connectivity index (χ0n) is 9.08. The molecule has 0 spiro atoms. The number of halogens is 2. The molecule has 88 valence electrons. The minimum Gasteiger partial charge on any atom is -0.382 e. The van der Waals surface area contributed by atoms with Crippen LogP contribution in [0, 0.1) is 5.82 Å². The normalized spacial score (nSPS) is 14.0. The van der Waals surface area contributed by atoms with Crippen LogP contribution in [-0.4, -0.2) is 9.78 Å². The van der Waals surface area contributed by atoms with Gasteiger partial charge in [-0.15, -0.1) is 0 Å². The molecule has 3 nitrogen and oxygen atoms in total. The van der Waals surface area contributed by atoms with Gasteiger partial charge in [0.15, 0.2) is 0 Å². The van der Waals surface area contributed by atoms with E-state index in [1.807, 2.05) is 0 Å². The van der Waals surface area contributed by atoms with Gasteiger partial charge in [0, 0.05) is 16.3 Å². The standard InChI is InChI=1S/C12H11ClFN3/c13-7-4-8(14)6-9(5-7)17-11-3-1-2-10(11)12(15)16-17/h4-6H,1-3H2,(H2,15,16). The molecule has 0 saturated heterocycles. The van der Waals surface area contributed by atoms with E-state index >= 15 is 0 Å². The lowest BCUT2D eigenvalue weighted by molar-refractivity contribution is 0.625. The zero-order chi connectivity index (χ0) is 12.0. The van der Waals surface area contributed by atoms with Crippen LogP contribution in [-0.2, 0) is 12.8 Å². The van der Waals surface area contributed by atoms with Gasteiger partial charge in [-0.05, 0) is 37.5 Å². The number of anilines is 1. The van der Waals surface area contributed by atoms with Gasteiger partial charge >= 0.3 is 0 Å². The Kier molecular flexibility index (Phi) is 2.33. The summed E-state index contributed by atoms with van der Waals surface area (Å²) in [6.45, 7) is 0. The van der Waals surface area contributed by atoms with Gasteiger partial charge in [0.1, 0.15) is 11.6 Å². The number of nitrogen functional groups attached to an aromatic ring is 1. The van der Waals surface area contributed by atoms with Gasteiger partial charge in [-0.3, -0.25) is 0 Å². The molecule has 1 aliphatic carbocycles. The fraction of sp³-hybridized carbons (Fsp3) is 0.250. The minimum atomic E-state index is -0.367. The summed E-state index contributed by atoms with van der Waals surface area (Å²) in [4.78, 5) is 0. The Hall–Kier alpha value is -1.55. The zero-order valence-corrected chi connectivity index (χ0v) is 9.84. The van der Waals surface area contributed by atoms with Crippen LogP contribution in [0.15, 0.2) is 18.2 Å². The highest BCUT2D eigenvalue weighted by atomic mass is 35.5. The maximum atomic E-state index is 13.3. The van der Waals surface area contributed by atoms with Gasteiger partial charge in [0.05, 0.1) is 5.69 Å². The van der Waals surface area contributed by atoms with Crippen molar-refractivity contribution in [1.29, 1.82) is 0 Å². The first kappa shape index (κ1) is 10.6. The first-order chi connectivity index (χ1) is 8.15. The van der Waals surface area contributed by atoms with E-state index in [0.717, 1.165) is 30.5 Å². The number of rotatable bonds is 1. The smallest absolute Gasteiger partial charge is 0.149 e. The van der Waals surface area contributed by atoms with Crippen LogP contribution < -0.4 is 5.73 Å². The summed E-state index contributed by atoms with van der Waals surface area (Å²) in [7, 11) is 0. The van der Waals surface area contributed by atoms with Gasteiger partial charge in [-0.1, -0.05) is 11.6 Å². The molecule has 0 amide bonds. The second-order valence-corrected chi connectivity index (χ2v) is 4.64. The van der Waals surface area contributed by atoms with Crippen molar-refractivity contribution >= 4 is 17.4 Å². The summed E-state index contributed by atoms with van der Waals surface area (Å²) in [5.41, 5.74) is 8.64. The van der Waals surface area contributed by atoms with Crippen LogP contribution in [0.25, 0.3) is 5.69 Å². The summed E-state index contributed by atoms with van der Waals surface area (Å²) in [5.74, 6) is 0.172. The number of hydrogen-bond donors (Lipinski definition) is 1. The highest BCUT2D eigenvalue weighted by molar-refractivity contribution is 6.30. The third-order valence-electron chi connectivity index (χ3n) is 3.05. The Bertz CT molecular complexity index is 571. The summed E-state index contributed by atoms with van der Waals surface area (Å²) < 4.78 is 15.0. The summed E-state index contributed by atoms with van der Waals surface area (Å²) in [6, 6.07) is 4.38. The molecule has 0 unspecified atom stereocenters. The molecule has 5 heteroatoms. The van der Waals surface area contributed by atoms with Crippen LogP contribution >= 0.6 is 11.6 Å². The van der Waals surface area contributed by atoms with E-state index in [4.69, 9.17) is 17.3 Å². The van der Waals surface area contributed by atoms with Gasteiger partial charge in [-0.2, -0.15) is 5.10 Å². The molecule has 0 radical (unpaired) electrons. The van der Waals surface area contributed by atoms with Crippen LogP contribution in [0.4, 0.5) is 10.2 Å². The molecule has 17 heavy (non-hydrogen) atoms. The molecular weight excluding hydrogens is 241 g/mol. The first-order valence-corrected chi connectivity index (χ1v) is 5.85. The van der Waals surface area contributed by atoms with Gasteiger partial charge in [0.25, 0.3) is 0 Å². The van der Waals surface area contributed by atoms with Crippen molar-refractivity contribution in [1.82, 2.24) is 9.78 Å². The second-order valence-electron chi connectivity index (χ2n) is 4.20. The third-order valence-corrected chi connectivity index (χ3v) is 3.27. The van der Waals surface area contributed by atoms with Crippen molar-refractivity contribution in [3.05, 3.63) is 40.3 Å². The fourth-order valence-corrected chi connectivity index (χ4v) is 2.56. The molecule has 1 aromatic carbocycles. The molecule has 1 aliphatic rings. The Balaban J connectivity index is 2.18. The number of fused-ring (bicyclic) bond motifs is 1. The topological polar surface area (TPSA) is 43.8 Å². The Labute approximate surface area is 103 Å². The van der Waals surface area contributed by atoms with Crippen molar-refractivity contribution in [2.24, 2.45) is 0 Å². The molecule has 0 atom stereocenters. The lowest BCUT2D eigenvalue weighted by Gasteiger charge is -2.06. The Morgan fingerprint density at radius 3 is 2.88 bits per heavy atom. The molecule has 3 rings (SSSR count). The van der Waals surface area contributed by atoms with E-state index in [0.29, 0.717) is 16.5 Å². The molecule has 1 aromatic heterocycles. The van der Waals surface area contributed by atoms with Crippen molar-refractivity contribution in [3.8, 4) is 5.69 Å². The Morgan fingerprint density at radius 2 is 2.12 bits per heavy atom. The summed E-state index contributed by atoms with van der Waals surface area (Å²) in [6.07, 6.45) is 2.94. The monoisotopic (exact) mass is 251 g/mol. The van der Waals surface area contributed by atoms with Crippen LogP contribution in [0.3, 0.4) is 0 Å². The van der Waals surface area contributed by atoms with Crippen molar-refractivity contribution in [2.45, 2.75) is 19.3 Å². The molecule has 0 fully saturated rings. The number of benzene rings is 1. The SMILES string of the molecule is Nc1nn(-c2cc(F)cc(Cl)c2)c2c1CCC2. The maximum absolute atomic E-state index is 13.3. The summed E-state index contributed by atoms with van der Waals surface area (Å²) >= 11 is 5.85. The number of hydrogen-bond acceptors (Lipinski definition) is 2. The molecule has 0 aliphatic heterocycles. The highest BCUT2D eigenvalue weighted by Gasteiger charge is 2.21. The molecular formula is C12H11ClFN3. The van der Waals surface area contributed by atoms with Crippen molar-refractivity contribution in [2.75, 3.05) is 5.73 Å². The highest BCUT2D eigenvalue weighted by Crippen LogP contribution is 2.29. The van der Waals surface area contributed by atoms with E-state index in [1.165, 1.54) is 12.1 Å². The fourth-order valence-electron chi connectivity index (χ4n) is 2.34. The molecule has 0 saturated carbocycles. The molecule has 0 bridgehead atoms. The molecule has 2 aromatic rings. The third kappa shape index (κ3) is 1.69. The molecule has 1 heterocycles.